The molecule has 1 fully saturated rings. The molecular formula is C14H23NO3. The van der Waals surface area contributed by atoms with Crippen LogP contribution in [0.3, 0.4) is 0 Å². The zero-order valence-corrected chi connectivity index (χ0v) is 11.5. The number of hydrogen-bond donors (Lipinski definition) is 1. The van der Waals surface area contributed by atoms with Gasteiger partial charge in [-0.25, -0.2) is 4.79 Å². The Morgan fingerprint density at radius 3 is 2.44 bits per heavy atom. The highest BCUT2D eigenvalue weighted by Gasteiger charge is 2.42. The highest BCUT2D eigenvalue weighted by atomic mass is 16.6. The maximum absolute atomic E-state index is 11.9. The second kappa shape index (κ2) is 4.57. The Morgan fingerprint density at radius 1 is 1.39 bits per heavy atom. The van der Waals surface area contributed by atoms with Crippen molar-refractivity contribution in [1.29, 1.82) is 0 Å². The highest BCUT2D eigenvalue weighted by Crippen LogP contribution is 2.42. The van der Waals surface area contributed by atoms with Crippen molar-refractivity contribution in [2.24, 2.45) is 5.41 Å². The second-order valence-electron chi connectivity index (χ2n) is 6.35. The van der Waals surface area contributed by atoms with Gasteiger partial charge in [0, 0.05) is 18.5 Å². The van der Waals surface area contributed by atoms with Crippen LogP contribution in [-0.2, 0) is 4.74 Å². The molecule has 2 rings (SSSR count). The summed E-state index contributed by atoms with van der Waals surface area (Å²) in [6.07, 6.45) is 6.05. The molecule has 4 heteroatoms. The van der Waals surface area contributed by atoms with Crippen LogP contribution in [0.2, 0.25) is 0 Å². The van der Waals surface area contributed by atoms with Gasteiger partial charge in [-0.3, -0.25) is 0 Å². The van der Waals surface area contributed by atoms with Gasteiger partial charge in [0.1, 0.15) is 5.60 Å². The number of hydrogen-bond acceptors (Lipinski definition) is 3. The predicted octanol–water partition coefficient (Wildman–Crippen LogP) is 2.32. The first kappa shape index (κ1) is 13.4. The fraction of sp³-hybridized carbons (Fsp3) is 0.786. The number of nitrogens with zero attached hydrogens (tertiary/aromatic N) is 1. The summed E-state index contributed by atoms with van der Waals surface area (Å²) in [6, 6.07) is 0. The van der Waals surface area contributed by atoms with Gasteiger partial charge in [-0.2, -0.15) is 0 Å². The molecule has 1 heterocycles. The summed E-state index contributed by atoms with van der Waals surface area (Å²) >= 11 is 0. The first-order chi connectivity index (χ1) is 8.32. The van der Waals surface area contributed by atoms with Gasteiger partial charge in [0.2, 0.25) is 0 Å². The molecule has 0 aromatic carbocycles. The van der Waals surface area contributed by atoms with Gasteiger partial charge < -0.3 is 14.7 Å². The van der Waals surface area contributed by atoms with Gasteiger partial charge in [0.15, 0.2) is 0 Å². The van der Waals surface area contributed by atoms with Crippen molar-refractivity contribution in [2.75, 3.05) is 13.1 Å². The molecule has 0 saturated carbocycles. The minimum atomic E-state index is -0.445. The molecule has 2 aliphatic rings. The molecule has 102 valence electrons. The summed E-state index contributed by atoms with van der Waals surface area (Å²) in [5, 5.41) is 10.0. The number of aliphatic hydroxyl groups is 1. The van der Waals surface area contributed by atoms with E-state index in [9.17, 15) is 9.90 Å². The lowest BCUT2D eigenvalue weighted by Crippen LogP contribution is -2.47. The molecule has 0 aromatic rings. The lowest BCUT2D eigenvalue weighted by Gasteiger charge is -2.40. The number of aliphatic hydroxyl groups excluding tert-OH is 1. The largest absolute Gasteiger partial charge is 0.444 e. The number of rotatable bonds is 0. The fourth-order valence-electron chi connectivity index (χ4n) is 2.71. The quantitative estimate of drug-likeness (QED) is 0.674. The predicted molar refractivity (Wildman–Crippen MR) is 69.2 cm³/mol. The molecule has 1 saturated heterocycles. The number of ether oxygens (including phenoxy) is 1. The average molecular weight is 253 g/mol. The molecule has 1 unspecified atom stereocenters. The van der Waals surface area contributed by atoms with Gasteiger partial charge in [0.05, 0.1) is 6.10 Å². The van der Waals surface area contributed by atoms with E-state index in [1.807, 2.05) is 26.8 Å². The Hall–Kier alpha value is -1.03. The first-order valence-electron chi connectivity index (χ1n) is 6.66. The van der Waals surface area contributed by atoms with Crippen molar-refractivity contribution in [3.05, 3.63) is 12.2 Å². The van der Waals surface area contributed by atoms with Crippen LogP contribution in [0.1, 0.15) is 40.0 Å². The van der Waals surface area contributed by atoms with E-state index in [-0.39, 0.29) is 17.6 Å². The number of piperidine rings is 1. The molecule has 1 aliphatic carbocycles. The smallest absolute Gasteiger partial charge is 0.410 e. The van der Waals surface area contributed by atoms with E-state index >= 15 is 0 Å². The SMILES string of the molecule is CC(C)(C)OC(=O)N1CCC2(C=CCC2O)CC1. The molecule has 0 radical (unpaired) electrons. The van der Waals surface area contributed by atoms with Crippen LogP contribution in [0.25, 0.3) is 0 Å². The topological polar surface area (TPSA) is 49.8 Å². The Balaban J connectivity index is 1.91. The average Bonchev–Trinajstić information content (AvgIpc) is 2.59. The lowest BCUT2D eigenvalue weighted by molar-refractivity contribution is -0.00631. The fourth-order valence-corrected chi connectivity index (χ4v) is 2.71. The van der Waals surface area contributed by atoms with E-state index in [2.05, 4.69) is 6.08 Å². The third-order valence-corrected chi connectivity index (χ3v) is 3.82. The van der Waals surface area contributed by atoms with Crippen molar-refractivity contribution in [1.82, 2.24) is 4.90 Å². The van der Waals surface area contributed by atoms with Crippen molar-refractivity contribution in [3.8, 4) is 0 Å². The molecule has 1 atom stereocenters. The van der Waals surface area contributed by atoms with Crippen LogP contribution in [-0.4, -0.2) is 40.9 Å². The molecule has 1 N–H and O–H groups in total. The van der Waals surface area contributed by atoms with E-state index in [1.54, 1.807) is 4.90 Å². The highest BCUT2D eigenvalue weighted by molar-refractivity contribution is 5.68. The van der Waals surface area contributed by atoms with E-state index < -0.39 is 5.60 Å². The number of likely N-dealkylation sites (tertiary alicyclic amines) is 1. The van der Waals surface area contributed by atoms with Crippen LogP contribution >= 0.6 is 0 Å². The standard InChI is InChI=1S/C14H23NO3/c1-13(2,3)18-12(17)15-9-7-14(8-10-15)6-4-5-11(14)16/h4,6,11,16H,5,7-10H2,1-3H3. The van der Waals surface area contributed by atoms with E-state index in [1.165, 1.54) is 0 Å². The zero-order chi connectivity index (χ0) is 13.4. The number of carbonyl (C=O) groups excluding carboxylic acids is 1. The van der Waals surface area contributed by atoms with Gasteiger partial charge >= 0.3 is 6.09 Å². The van der Waals surface area contributed by atoms with Crippen molar-refractivity contribution in [3.63, 3.8) is 0 Å². The first-order valence-corrected chi connectivity index (χ1v) is 6.66. The maximum Gasteiger partial charge on any atom is 0.410 e. The maximum atomic E-state index is 11.9. The molecule has 4 nitrogen and oxygen atoms in total. The van der Waals surface area contributed by atoms with Crippen molar-refractivity contribution < 1.29 is 14.6 Å². The molecule has 18 heavy (non-hydrogen) atoms. The second-order valence-corrected chi connectivity index (χ2v) is 6.35. The summed E-state index contributed by atoms with van der Waals surface area (Å²) in [4.78, 5) is 13.7. The van der Waals surface area contributed by atoms with Crippen molar-refractivity contribution in [2.45, 2.75) is 51.7 Å². The number of amides is 1. The molecule has 1 spiro atoms. The van der Waals surface area contributed by atoms with Crippen LogP contribution < -0.4 is 0 Å². The Labute approximate surface area is 109 Å². The molecule has 1 amide bonds. The molecule has 0 bridgehead atoms. The molecular weight excluding hydrogens is 230 g/mol. The summed E-state index contributed by atoms with van der Waals surface area (Å²) in [5.41, 5.74) is -0.544. The minimum Gasteiger partial charge on any atom is -0.444 e. The summed E-state index contributed by atoms with van der Waals surface area (Å²) in [6.45, 7) is 6.95. The third kappa shape index (κ3) is 2.69. The normalized spacial score (nSPS) is 26.7. The van der Waals surface area contributed by atoms with Gasteiger partial charge in [-0.15, -0.1) is 0 Å². The van der Waals surface area contributed by atoms with Crippen LogP contribution in [0.4, 0.5) is 4.79 Å². The monoisotopic (exact) mass is 253 g/mol. The zero-order valence-electron chi connectivity index (χ0n) is 11.5. The van der Waals surface area contributed by atoms with E-state index in [4.69, 9.17) is 4.74 Å². The third-order valence-electron chi connectivity index (χ3n) is 3.82. The van der Waals surface area contributed by atoms with Crippen LogP contribution in [0.5, 0.6) is 0 Å². The molecule has 0 aromatic heterocycles. The summed E-state index contributed by atoms with van der Waals surface area (Å²) in [7, 11) is 0. The van der Waals surface area contributed by atoms with Crippen LogP contribution in [0, 0.1) is 5.41 Å². The van der Waals surface area contributed by atoms with Gasteiger partial charge in [-0.1, -0.05) is 12.2 Å². The van der Waals surface area contributed by atoms with Crippen LogP contribution in [0.15, 0.2) is 12.2 Å². The Morgan fingerprint density at radius 2 is 2.00 bits per heavy atom. The summed E-state index contributed by atoms with van der Waals surface area (Å²) in [5.74, 6) is 0. The minimum absolute atomic E-state index is 0.0987. The Kier molecular flexibility index (Phi) is 3.41. The summed E-state index contributed by atoms with van der Waals surface area (Å²) < 4.78 is 5.36. The Bertz CT molecular complexity index is 349. The number of carbonyl (C=O) groups is 1. The van der Waals surface area contributed by atoms with Crippen molar-refractivity contribution >= 4 is 6.09 Å². The molecule has 1 aliphatic heterocycles. The lowest BCUT2D eigenvalue weighted by atomic mass is 9.76. The van der Waals surface area contributed by atoms with E-state index in [0.717, 1.165) is 19.3 Å². The van der Waals surface area contributed by atoms with Gasteiger partial charge in [0.25, 0.3) is 0 Å². The van der Waals surface area contributed by atoms with Gasteiger partial charge in [-0.05, 0) is 40.0 Å². The van der Waals surface area contributed by atoms with E-state index in [0.29, 0.717) is 13.1 Å².